The van der Waals surface area contributed by atoms with E-state index in [0.29, 0.717) is 23.1 Å². The topological polar surface area (TPSA) is 39.7 Å². The van der Waals surface area contributed by atoms with Gasteiger partial charge in [-0.15, -0.1) is 0 Å². The lowest BCUT2D eigenvalue weighted by atomic mass is 10.1. The quantitative estimate of drug-likeness (QED) is 0.746. The highest BCUT2D eigenvalue weighted by Crippen LogP contribution is 2.37. The highest BCUT2D eigenvalue weighted by Gasteiger charge is 2.16. The zero-order chi connectivity index (χ0) is 14.3. The molecular weight excluding hydrogens is 266 g/mol. The first kappa shape index (κ1) is 16.1. The van der Waals surface area contributed by atoms with Crippen molar-refractivity contribution in [3.05, 3.63) is 22.7 Å². The molecule has 0 radical (unpaired) electrons. The van der Waals surface area contributed by atoms with E-state index in [2.05, 4.69) is 12.2 Å². The van der Waals surface area contributed by atoms with Gasteiger partial charge in [0.15, 0.2) is 11.5 Å². The van der Waals surface area contributed by atoms with Crippen LogP contribution in [0.5, 0.6) is 11.5 Å². The molecule has 0 saturated heterocycles. The molecule has 0 bridgehead atoms. The minimum Gasteiger partial charge on any atom is -0.493 e. The van der Waals surface area contributed by atoms with Crippen LogP contribution in [-0.4, -0.2) is 34.5 Å². The highest BCUT2D eigenvalue weighted by molar-refractivity contribution is 6.32. The lowest BCUT2D eigenvalue weighted by Crippen LogP contribution is -2.22. The SMILES string of the molecule is CCCOCC(NC)c1cc(Cl)c(OC)c(OC)c1. The van der Waals surface area contributed by atoms with E-state index in [0.717, 1.165) is 18.6 Å². The summed E-state index contributed by atoms with van der Waals surface area (Å²) in [6.07, 6.45) is 1.00. The number of likely N-dealkylation sites (N-methyl/N-ethyl adjacent to an activating group) is 1. The van der Waals surface area contributed by atoms with Gasteiger partial charge < -0.3 is 19.5 Å². The Morgan fingerprint density at radius 2 is 2.00 bits per heavy atom. The van der Waals surface area contributed by atoms with Gasteiger partial charge in [-0.05, 0) is 31.2 Å². The Hall–Kier alpha value is -0.970. The van der Waals surface area contributed by atoms with E-state index in [9.17, 15) is 0 Å². The van der Waals surface area contributed by atoms with Crippen molar-refractivity contribution in [2.24, 2.45) is 0 Å². The molecule has 1 atom stereocenters. The Labute approximate surface area is 120 Å². The van der Waals surface area contributed by atoms with Crippen LogP contribution < -0.4 is 14.8 Å². The lowest BCUT2D eigenvalue weighted by Gasteiger charge is -2.19. The third-order valence-electron chi connectivity index (χ3n) is 2.84. The van der Waals surface area contributed by atoms with E-state index in [1.54, 1.807) is 14.2 Å². The van der Waals surface area contributed by atoms with E-state index in [4.69, 9.17) is 25.8 Å². The fourth-order valence-corrected chi connectivity index (χ4v) is 2.13. The number of nitrogens with one attached hydrogen (secondary N) is 1. The molecule has 5 heteroatoms. The van der Waals surface area contributed by atoms with Crippen molar-refractivity contribution in [1.82, 2.24) is 5.32 Å². The molecule has 1 aromatic rings. The van der Waals surface area contributed by atoms with Gasteiger partial charge in [-0.2, -0.15) is 0 Å². The number of hydrogen-bond acceptors (Lipinski definition) is 4. The summed E-state index contributed by atoms with van der Waals surface area (Å²) in [5.74, 6) is 1.18. The minimum atomic E-state index is 0.0730. The second-order valence-electron chi connectivity index (χ2n) is 4.15. The summed E-state index contributed by atoms with van der Waals surface area (Å²) in [5, 5.41) is 3.75. The summed E-state index contributed by atoms with van der Waals surface area (Å²) in [6.45, 7) is 3.43. The molecule has 1 rings (SSSR count). The average Bonchev–Trinajstić information content (AvgIpc) is 2.42. The average molecular weight is 288 g/mol. The van der Waals surface area contributed by atoms with Crippen molar-refractivity contribution in [3.8, 4) is 11.5 Å². The van der Waals surface area contributed by atoms with Crippen LogP contribution in [0.1, 0.15) is 24.9 Å². The molecule has 0 heterocycles. The van der Waals surface area contributed by atoms with Gasteiger partial charge in [-0.3, -0.25) is 0 Å². The summed E-state index contributed by atoms with van der Waals surface area (Å²) < 4.78 is 16.1. The maximum Gasteiger partial charge on any atom is 0.179 e. The minimum absolute atomic E-state index is 0.0730. The molecule has 0 aliphatic rings. The molecule has 4 nitrogen and oxygen atoms in total. The molecule has 1 unspecified atom stereocenters. The van der Waals surface area contributed by atoms with E-state index in [1.165, 1.54) is 0 Å². The largest absolute Gasteiger partial charge is 0.493 e. The summed E-state index contributed by atoms with van der Waals surface area (Å²) in [5.41, 5.74) is 1.02. The molecule has 0 aliphatic heterocycles. The van der Waals surface area contributed by atoms with Crippen LogP contribution in [0.4, 0.5) is 0 Å². The Kier molecular flexibility index (Phi) is 6.99. The lowest BCUT2D eigenvalue weighted by molar-refractivity contribution is 0.114. The van der Waals surface area contributed by atoms with Crippen LogP contribution in [0.25, 0.3) is 0 Å². The van der Waals surface area contributed by atoms with Gasteiger partial charge in [-0.1, -0.05) is 18.5 Å². The van der Waals surface area contributed by atoms with Crippen LogP contribution in [-0.2, 0) is 4.74 Å². The van der Waals surface area contributed by atoms with E-state index in [1.807, 2.05) is 19.2 Å². The van der Waals surface area contributed by atoms with E-state index >= 15 is 0 Å². The van der Waals surface area contributed by atoms with Gasteiger partial charge in [0, 0.05) is 6.61 Å². The summed E-state index contributed by atoms with van der Waals surface area (Å²) in [6, 6.07) is 3.87. The molecule has 0 aromatic heterocycles. The Bertz CT molecular complexity index is 399. The van der Waals surface area contributed by atoms with Gasteiger partial charge in [-0.25, -0.2) is 0 Å². The summed E-state index contributed by atoms with van der Waals surface area (Å²) in [4.78, 5) is 0. The zero-order valence-corrected chi connectivity index (χ0v) is 12.7. The van der Waals surface area contributed by atoms with Gasteiger partial charge in [0.2, 0.25) is 0 Å². The fourth-order valence-electron chi connectivity index (χ4n) is 1.83. The predicted molar refractivity (Wildman–Crippen MR) is 77.5 cm³/mol. The number of ether oxygens (including phenoxy) is 3. The molecule has 0 saturated carbocycles. The van der Waals surface area contributed by atoms with Crippen LogP contribution in [0, 0.1) is 0 Å². The maximum atomic E-state index is 6.20. The third kappa shape index (κ3) is 4.27. The number of halogens is 1. The van der Waals surface area contributed by atoms with Crippen molar-refractivity contribution in [2.45, 2.75) is 19.4 Å². The Balaban J connectivity index is 2.94. The van der Waals surface area contributed by atoms with Gasteiger partial charge in [0.25, 0.3) is 0 Å². The maximum absolute atomic E-state index is 6.20. The molecule has 108 valence electrons. The predicted octanol–water partition coefficient (Wildman–Crippen LogP) is 3.04. The number of rotatable bonds is 8. The number of benzene rings is 1. The van der Waals surface area contributed by atoms with Crippen LogP contribution in [0.2, 0.25) is 5.02 Å². The van der Waals surface area contributed by atoms with Crippen LogP contribution in [0.15, 0.2) is 12.1 Å². The zero-order valence-electron chi connectivity index (χ0n) is 12.0. The Morgan fingerprint density at radius 1 is 1.26 bits per heavy atom. The van der Waals surface area contributed by atoms with Crippen molar-refractivity contribution < 1.29 is 14.2 Å². The van der Waals surface area contributed by atoms with Gasteiger partial charge in [0.05, 0.1) is 31.9 Å². The molecular formula is C14H22ClNO3. The molecule has 0 aliphatic carbocycles. The van der Waals surface area contributed by atoms with Crippen molar-refractivity contribution >= 4 is 11.6 Å². The molecule has 1 aromatic carbocycles. The van der Waals surface area contributed by atoms with E-state index in [-0.39, 0.29) is 6.04 Å². The van der Waals surface area contributed by atoms with Crippen LogP contribution >= 0.6 is 11.6 Å². The summed E-state index contributed by atoms with van der Waals surface area (Å²) in [7, 11) is 5.06. The molecule has 0 fully saturated rings. The second-order valence-corrected chi connectivity index (χ2v) is 4.56. The van der Waals surface area contributed by atoms with Gasteiger partial charge in [0.1, 0.15) is 0 Å². The van der Waals surface area contributed by atoms with E-state index < -0.39 is 0 Å². The normalized spacial score (nSPS) is 12.3. The first-order valence-electron chi connectivity index (χ1n) is 6.34. The molecule has 19 heavy (non-hydrogen) atoms. The number of hydrogen-bond donors (Lipinski definition) is 1. The third-order valence-corrected chi connectivity index (χ3v) is 3.12. The fraction of sp³-hybridized carbons (Fsp3) is 0.571. The highest BCUT2D eigenvalue weighted by atomic mass is 35.5. The first-order valence-corrected chi connectivity index (χ1v) is 6.72. The standard InChI is InChI=1S/C14H22ClNO3/c1-5-6-19-9-12(16-2)10-7-11(15)14(18-4)13(8-10)17-3/h7-8,12,16H,5-6,9H2,1-4H3. The number of methoxy groups -OCH3 is 2. The first-order chi connectivity index (χ1) is 9.17. The monoisotopic (exact) mass is 287 g/mol. The molecule has 1 N–H and O–H groups in total. The van der Waals surface area contributed by atoms with Gasteiger partial charge >= 0.3 is 0 Å². The van der Waals surface area contributed by atoms with Crippen molar-refractivity contribution in [1.29, 1.82) is 0 Å². The molecule has 0 spiro atoms. The summed E-state index contributed by atoms with van der Waals surface area (Å²) >= 11 is 6.20. The molecule has 0 amide bonds. The van der Waals surface area contributed by atoms with Crippen molar-refractivity contribution in [2.75, 3.05) is 34.5 Å². The Morgan fingerprint density at radius 3 is 2.53 bits per heavy atom. The van der Waals surface area contributed by atoms with Crippen molar-refractivity contribution in [3.63, 3.8) is 0 Å². The van der Waals surface area contributed by atoms with Crippen LogP contribution in [0.3, 0.4) is 0 Å². The second kappa shape index (κ2) is 8.25. The smallest absolute Gasteiger partial charge is 0.179 e.